The Bertz CT molecular complexity index is 164. The molecule has 0 aromatic carbocycles. The van der Waals surface area contributed by atoms with Gasteiger partial charge in [0.2, 0.25) is 0 Å². The van der Waals surface area contributed by atoms with E-state index >= 15 is 0 Å². The maximum absolute atomic E-state index is 10.1. The molecular weight excluding hydrogens is 152 g/mol. The molecule has 0 saturated heterocycles. The molecule has 1 N–H and O–H groups in total. The monoisotopic (exact) mass is 160 g/mol. The minimum atomic E-state index is -1.98. The number of carbonyl (C=O) groups is 2. The van der Waals surface area contributed by atoms with Crippen molar-refractivity contribution in [1.82, 2.24) is 0 Å². The molecule has 0 rings (SSSR count). The minimum absolute atomic E-state index is 0.00250. The van der Waals surface area contributed by atoms with Crippen molar-refractivity contribution in [3.8, 4) is 0 Å². The van der Waals surface area contributed by atoms with Crippen LogP contribution in [0, 0.1) is 5.92 Å². The normalized spacial score (nSPS) is 15.5. The van der Waals surface area contributed by atoms with Gasteiger partial charge >= 0.3 is 0 Å². The van der Waals surface area contributed by atoms with Crippen LogP contribution in [0.3, 0.4) is 0 Å². The summed E-state index contributed by atoms with van der Waals surface area (Å²) in [5.41, 5.74) is 0. The van der Waals surface area contributed by atoms with Gasteiger partial charge in [-0.25, -0.2) is 0 Å². The van der Waals surface area contributed by atoms with E-state index in [0.717, 1.165) is 0 Å². The number of aliphatic hydroxyl groups excluding tert-OH is 1. The molecule has 0 aromatic heterocycles. The van der Waals surface area contributed by atoms with Crippen LogP contribution in [0.5, 0.6) is 0 Å². The summed E-state index contributed by atoms with van der Waals surface area (Å²) in [4.78, 5) is 20.1. The summed E-state index contributed by atoms with van der Waals surface area (Å²) in [6.07, 6.45) is -1.98. The zero-order valence-electron chi connectivity index (χ0n) is 5.94. The van der Waals surface area contributed by atoms with Gasteiger partial charge in [0.1, 0.15) is 6.10 Å². The molecule has 5 nitrogen and oxygen atoms in total. The molecule has 0 aliphatic rings. The zero-order chi connectivity index (χ0) is 9.02. The summed E-state index contributed by atoms with van der Waals surface area (Å²) in [6, 6.07) is 0. The first-order chi connectivity index (χ1) is 5.00. The first-order valence-corrected chi connectivity index (χ1v) is 3.10. The summed E-state index contributed by atoms with van der Waals surface area (Å²) in [7, 11) is 0. The number of aliphatic carboxylic acids is 2. The minimum Gasteiger partial charge on any atom is -0.550 e. The zero-order valence-corrected chi connectivity index (χ0v) is 5.94. The van der Waals surface area contributed by atoms with Crippen molar-refractivity contribution in [2.75, 3.05) is 0 Å². The van der Waals surface area contributed by atoms with Crippen LogP contribution in [0.1, 0.15) is 13.3 Å². The highest BCUT2D eigenvalue weighted by atomic mass is 16.4. The Balaban J connectivity index is 4.25. The van der Waals surface area contributed by atoms with Crippen LogP contribution in [0.25, 0.3) is 0 Å². The molecule has 0 saturated carbocycles. The number of rotatable bonds is 4. The maximum Gasteiger partial charge on any atom is 0.101 e. The van der Waals surface area contributed by atoms with Crippen LogP contribution < -0.4 is 10.2 Å². The number of carboxylic acid groups (broad SMARTS) is 2. The Labute approximate surface area is 63.3 Å². The Morgan fingerprint density at radius 3 is 1.91 bits per heavy atom. The first kappa shape index (κ1) is 9.90. The lowest BCUT2D eigenvalue weighted by molar-refractivity contribution is -0.330. The molecule has 0 aliphatic heterocycles. The Morgan fingerprint density at radius 2 is 1.82 bits per heavy atom. The average molecular weight is 160 g/mol. The number of aliphatic hydroxyl groups is 1. The number of carbonyl (C=O) groups excluding carboxylic acids is 2. The molecule has 0 radical (unpaired) electrons. The van der Waals surface area contributed by atoms with Crippen LogP contribution >= 0.6 is 0 Å². The fourth-order valence-electron chi connectivity index (χ4n) is 0.683. The Kier molecular flexibility index (Phi) is 3.53. The van der Waals surface area contributed by atoms with Crippen LogP contribution in [-0.4, -0.2) is 23.1 Å². The lowest BCUT2D eigenvalue weighted by Gasteiger charge is -2.22. The summed E-state index contributed by atoms with van der Waals surface area (Å²) >= 11 is 0. The molecule has 5 heteroatoms. The third-order valence-electron chi connectivity index (χ3n) is 1.37. The smallest absolute Gasteiger partial charge is 0.101 e. The molecule has 11 heavy (non-hydrogen) atoms. The van der Waals surface area contributed by atoms with Crippen molar-refractivity contribution < 1.29 is 24.9 Å². The van der Waals surface area contributed by atoms with E-state index in [1.165, 1.54) is 6.92 Å². The quantitative estimate of drug-likeness (QED) is 0.468. The second-order valence-corrected chi connectivity index (χ2v) is 2.10. The fourth-order valence-corrected chi connectivity index (χ4v) is 0.683. The lowest BCUT2D eigenvalue weighted by atomic mass is 10.0. The van der Waals surface area contributed by atoms with E-state index in [1.54, 1.807) is 0 Å². The third-order valence-corrected chi connectivity index (χ3v) is 1.37. The Morgan fingerprint density at radius 1 is 1.36 bits per heavy atom. The summed E-state index contributed by atoms with van der Waals surface area (Å²) in [5.74, 6) is -4.76. The molecule has 0 bridgehead atoms. The molecule has 0 aliphatic carbocycles. The molecule has 64 valence electrons. The van der Waals surface area contributed by atoms with Gasteiger partial charge in [0, 0.05) is 11.9 Å². The molecule has 2 unspecified atom stereocenters. The van der Waals surface area contributed by atoms with Crippen LogP contribution in [0.15, 0.2) is 0 Å². The van der Waals surface area contributed by atoms with E-state index in [1.807, 2.05) is 0 Å². The predicted molar refractivity (Wildman–Crippen MR) is 29.8 cm³/mol. The SMILES string of the molecule is CCC(C(=O)[O-])C(O)C(=O)[O-]. The molecule has 0 fully saturated rings. The van der Waals surface area contributed by atoms with Gasteiger partial charge in [-0.05, 0) is 6.42 Å². The first-order valence-electron chi connectivity index (χ1n) is 3.10. The topological polar surface area (TPSA) is 100 Å². The second-order valence-electron chi connectivity index (χ2n) is 2.10. The highest BCUT2D eigenvalue weighted by molar-refractivity contribution is 5.79. The maximum atomic E-state index is 10.1. The van der Waals surface area contributed by atoms with Crippen molar-refractivity contribution in [2.24, 2.45) is 5.92 Å². The molecule has 0 aromatic rings. The van der Waals surface area contributed by atoms with Crippen molar-refractivity contribution in [3.05, 3.63) is 0 Å². The standard InChI is InChI=1S/C6H10O5/c1-2-3(5(8)9)4(7)6(10)11/h3-4,7H,2H2,1H3,(H,8,9)(H,10,11)/p-2. The van der Waals surface area contributed by atoms with E-state index in [4.69, 9.17) is 5.11 Å². The summed E-state index contributed by atoms with van der Waals surface area (Å²) in [6.45, 7) is 1.44. The largest absolute Gasteiger partial charge is 0.550 e. The van der Waals surface area contributed by atoms with Crippen molar-refractivity contribution in [2.45, 2.75) is 19.4 Å². The number of hydrogen-bond acceptors (Lipinski definition) is 5. The molecule has 2 atom stereocenters. The molecule has 0 amide bonds. The lowest BCUT2D eigenvalue weighted by Crippen LogP contribution is -2.47. The van der Waals surface area contributed by atoms with Gasteiger partial charge < -0.3 is 24.9 Å². The summed E-state index contributed by atoms with van der Waals surface area (Å²) in [5, 5.41) is 28.7. The fraction of sp³-hybridized carbons (Fsp3) is 0.667. The molecule has 0 heterocycles. The van der Waals surface area contributed by atoms with Gasteiger partial charge in [0.05, 0.1) is 5.97 Å². The summed E-state index contributed by atoms with van der Waals surface area (Å²) < 4.78 is 0. The van der Waals surface area contributed by atoms with Crippen molar-refractivity contribution in [1.29, 1.82) is 0 Å². The van der Waals surface area contributed by atoms with Crippen molar-refractivity contribution in [3.63, 3.8) is 0 Å². The van der Waals surface area contributed by atoms with Crippen LogP contribution in [0.2, 0.25) is 0 Å². The van der Waals surface area contributed by atoms with E-state index in [9.17, 15) is 19.8 Å². The number of hydrogen-bond donors (Lipinski definition) is 1. The number of carboxylic acids is 2. The molecule has 0 spiro atoms. The van der Waals surface area contributed by atoms with E-state index in [2.05, 4.69) is 0 Å². The predicted octanol–water partition coefficient (Wildman–Crippen LogP) is -3.13. The van der Waals surface area contributed by atoms with Gasteiger partial charge in [-0.2, -0.15) is 0 Å². The average Bonchev–Trinajstić information content (AvgIpc) is 1.88. The van der Waals surface area contributed by atoms with E-state index < -0.39 is 24.0 Å². The van der Waals surface area contributed by atoms with E-state index in [-0.39, 0.29) is 6.42 Å². The van der Waals surface area contributed by atoms with E-state index in [0.29, 0.717) is 0 Å². The van der Waals surface area contributed by atoms with Crippen LogP contribution in [0.4, 0.5) is 0 Å². The van der Waals surface area contributed by atoms with Crippen molar-refractivity contribution >= 4 is 11.9 Å². The van der Waals surface area contributed by atoms with Gasteiger partial charge in [0.15, 0.2) is 0 Å². The van der Waals surface area contributed by atoms with Crippen LogP contribution in [-0.2, 0) is 9.59 Å². The third kappa shape index (κ3) is 2.55. The second kappa shape index (κ2) is 3.92. The highest BCUT2D eigenvalue weighted by Crippen LogP contribution is 2.06. The van der Waals surface area contributed by atoms with Gasteiger partial charge in [-0.15, -0.1) is 0 Å². The Hall–Kier alpha value is -1.10. The van der Waals surface area contributed by atoms with Gasteiger partial charge in [-0.1, -0.05) is 6.92 Å². The van der Waals surface area contributed by atoms with Gasteiger partial charge in [0.25, 0.3) is 0 Å². The molecular formula is C6H8O5-2. The van der Waals surface area contributed by atoms with Gasteiger partial charge in [-0.3, -0.25) is 0 Å². The highest BCUT2D eigenvalue weighted by Gasteiger charge is 2.18.